The lowest BCUT2D eigenvalue weighted by molar-refractivity contribution is 0.112. The molecule has 0 N–H and O–H groups in total. The molecule has 15 heavy (non-hydrogen) atoms. The monoisotopic (exact) mass is 284 g/mol. The van der Waals surface area contributed by atoms with E-state index >= 15 is 0 Å². The van der Waals surface area contributed by atoms with E-state index in [4.69, 9.17) is 11.6 Å². The Morgan fingerprint density at radius 1 is 1.47 bits per heavy atom. The van der Waals surface area contributed by atoms with Gasteiger partial charge in [-0.25, -0.2) is 4.68 Å². The highest BCUT2D eigenvalue weighted by atomic mass is 79.9. The molecule has 0 atom stereocenters. The molecule has 5 heteroatoms. The highest BCUT2D eigenvalue weighted by Gasteiger charge is 2.06. The fourth-order valence-electron chi connectivity index (χ4n) is 1.20. The van der Waals surface area contributed by atoms with E-state index in [1.807, 2.05) is 12.1 Å². The first kappa shape index (κ1) is 10.4. The van der Waals surface area contributed by atoms with Gasteiger partial charge in [0.1, 0.15) is 0 Å². The standard InChI is InChI=1S/C10H6BrClN2O/c11-10-8(12)2-1-3-9(10)14-5-7(6-15)4-13-14/h1-6H. The number of hydrogen-bond donors (Lipinski definition) is 0. The van der Waals surface area contributed by atoms with Crippen molar-refractivity contribution >= 4 is 33.8 Å². The second-order valence-electron chi connectivity index (χ2n) is 2.91. The van der Waals surface area contributed by atoms with Crippen LogP contribution in [0, 0.1) is 0 Å². The molecule has 3 nitrogen and oxygen atoms in total. The van der Waals surface area contributed by atoms with E-state index in [0.717, 1.165) is 16.4 Å². The van der Waals surface area contributed by atoms with Crippen molar-refractivity contribution in [2.75, 3.05) is 0 Å². The predicted octanol–water partition coefficient (Wildman–Crippen LogP) is 3.10. The number of hydrogen-bond acceptors (Lipinski definition) is 2. The largest absolute Gasteiger partial charge is 0.298 e. The summed E-state index contributed by atoms with van der Waals surface area (Å²) in [6.45, 7) is 0. The van der Waals surface area contributed by atoms with Crippen molar-refractivity contribution in [2.24, 2.45) is 0 Å². The minimum atomic E-state index is 0.530. The fourth-order valence-corrected chi connectivity index (χ4v) is 1.81. The Kier molecular flexibility index (Phi) is 2.88. The van der Waals surface area contributed by atoms with Gasteiger partial charge in [-0.15, -0.1) is 0 Å². The first-order chi connectivity index (χ1) is 7.22. The van der Waals surface area contributed by atoms with Gasteiger partial charge in [0, 0.05) is 6.20 Å². The van der Waals surface area contributed by atoms with Crippen LogP contribution >= 0.6 is 27.5 Å². The molecule has 0 bridgehead atoms. The van der Waals surface area contributed by atoms with Gasteiger partial charge in [0.15, 0.2) is 6.29 Å². The van der Waals surface area contributed by atoms with Gasteiger partial charge in [-0.05, 0) is 28.1 Å². The second-order valence-corrected chi connectivity index (χ2v) is 4.11. The average molecular weight is 286 g/mol. The topological polar surface area (TPSA) is 34.9 Å². The highest BCUT2D eigenvalue weighted by Crippen LogP contribution is 2.28. The van der Waals surface area contributed by atoms with E-state index in [1.54, 1.807) is 16.9 Å². The third-order valence-electron chi connectivity index (χ3n) is 1.92. The number of aromatic nitrogens is 2. The number of nitrogens with zero attached hydrogens (tertiary/aromatic N) is 2. The lowest BCUT2D eigenvalue weighted by Gasteiger charge is -2.04. The van der Waals surface area contributed by atoms with Crippen LogP contribution in [0.2, 0.25) is 5.02 Å². The summed E-state index contributed by atoms with van der Waals surface area (Å²) in [5.41, 5.74) is 1.33. The Morgan fingerprint density at radius 2 is 2.27 bits per heavy atom. The Bertz CT molecular complexity index is 510. The van der Waals surface area contributed by atoms with Crippen molar-refractivity contribution in [3.8, 4) is 5.69 Å². The van der Waals surface area contributed by atoms with E-state index in [1.165, 1.54) is 6.20 Å². The van der Waals surface area contributed by atoms with Gasteiger partial charge in [0.25, 0.3) is 0 Å². The van der Waals surface area contributed by atoms with Gasteiger partial charge >= 0.3 is 0 Å². The van der Waals surface area contributed by atoms with Crippen molar-refractivity contribution in [3.05, 3.63) is 45.7 Å². The van der Waals surface area contributed by atoms with Gasteiger partial charge < -0.3 is 0 Å². The summed E-state index contributed by atoms with van der Waals surface area (Å²) in [7, 11) is 0. The molecule has 1 aromatic carbocycles. The van der Waals surface area contributed by atoms with E-state index < -0.39 is 0 Å². The Labute approximate surface area is 99.8 Å². The van der Waals surface area contributed by atoms with Crippen LogP contribution in [-0.4, -0.2) is 16.1 Å². The van der Waals surface area contributed by atoms with Gasteiger partial charge in [-0.2, -0.15) is 5.10 Å². The highest BCUT2D eigenvalue weighted by molar-refractivity contribution is 9.10. The molecule has 2 aromatic rings. The number of aldehydes is 1. The molecule has 0 saturated carbocycles. The third-order valence-corrected chi connectivity index (χ3v) is 3.29. The van der Waals surface area contributed by atoms with Crippen molar-refractivity contribution in [1.29, 1.82) is 0 Å². The number of carbonyl (C=O) groups is 1. The predicted molar refractivity (Wildman–Crippen MR) is 61.7 cm³/mol. The smallest absolute Gasteiger partial charge is 0.153 e. The van der Waals surface area contributed by atoms with Crippen LogP contribution in [0.1, 0.15) is 10.4 Å². The molecular weight excluding hydrogens is 279 g/mol. The van der Waals surface area contributed by atoms with E-state index in [9.17, 15) is 4.79 Å². The molecule has 0 radical (unpaired) electrons. The third kappa shape index (κ3) is 1.96. The molecular formula is C10H6BrClN2O. The van der Waals surface area contributed by atoms with Crippen LogP contribution in [0.25, 0.3) is 5.69 Å². The summed E-state index contributed by atoms with van der Waals surface area (Å²) >= 11 is 9.31. The summed E-state index contributed by atoms with van der Waals surface area (Å²) in [6.07, 6.45) is 3.89. The zero-order chi connectivity index (χ0) is 10.8. The lowest BCUT2D eigenvalue weighted by atomic mass is 10.3. The maximum atomic E-state index is 10.5. The molecule has 1 heterocycles. The maximum absolute atomic E-state index is 10.5. The first-order valence-corrected chi connectivity index (χ1v) is 5.33. The molecule has 0 unspecified atom stereocenters. The molecule has 1 aromatic heterocycles. The lowest BCUT2D eigenvalue weighted by Crippen LogP contribution is -1.95. The number of carbonyl (C=O) groups excluding carboxylic acids is 1. The van der Waals surface area contributed by atoms with Crippen LogP contribution in [0.5, 0.6) is 0 Å². The molecule has 0 aliphatic heterocycles. The SMILES string of the molecule is O=Cc1cnn(-c2cccc(Cl)c2Br)c1. The minimum Gasteiger partial charge on any atom is -0.298 e. The number of halogens is 2. The summed E-state index contributed by atoms with van der Waals surface area (Å²) in [4.78, 5) is 10.5. The molecule has 2 rings (SSSR count). The molecule has 0 saturated heterocycles. The fraction of sp³-hybridized carbons (Fsp3) is 0. The first-order valence-electron chi connectivity index (χ1n) is 4.16. The van der Waals surface area contributed by atoms with Crippen LogP contribution in [0.15, 0.2) is 35.1 Å². The molecule has 0 aliphatic carbocycles. The number of rotatable bonds is 2. The Balaban J connectivity index is 2.53. The van der Waals surface area contributed by atoms with E-state index in [2.05, 4.69) is 21.0 Å². The van der Waals surface area contributed by atoms with E-state index in [-0.39, 0.29) is 0 Å². The molecule has 76 valence electrons. The average Bonchev–Trinajstić information content (AvgIpc) is 2.70. The van der Waals surface area contributed by atoms with Crippen LogP contribution < -0.4 is 0 Å². The Hall–Kier alpha value is -1.13. The quantitative estimate of drug-likeness (QED) is 0.795. The van der Waals surface area contributed by atoms with E-state index in [0.29, 0.717) is 10.6 Å². The molecule has 0 aliphatic rings. The minimum absolute atomic E-state index is 0.530. The van der Waals surface area contributed by atoms with Crippen LogP contribution in [0.4, 0.5) is 0 Å². The summed E-state index contributed by atoms with van der Waals surface area (Å²) < 4.78 is 2.35. The summed E-state index contributed by atoms with van der Waals surface area (Å²) in [6, 6.07) is 5.46. The van der Waals surface area contributed by atoms with Gasteiger partial charge in [0.2, 0.25) is 0 Å². The zero-order valence-corrected chi connectivity index (χ0v) is 9.86. The second kappa shape index (κ2) is 4.16. The summed E-state index contributed by atoms with van der Waals surface area (Å²) in [5, 5.41) is 4.66. The van der Waals surface area contributed by atoms with Crippen molar-refractivity contribution in [3.63, 3.8) is 0 Å². The number of benzene rings is 1. The molecule has 0 fully saturated rings. The van der Waals surface area contributed by atoms with Gasteiger partial charge in [0.05, 0.1) is 26.9 Å². The van der Waals surface area contributed by atoms with Crippen LogP contribution in [-0.2, 0) is 0 Å². The van der Waals surface area contributed by atoms with Gasteiger partial charge in [-0.3, -0.25) is 4.79 Å². The maximum Gasteiger partial charge on any atom is 0.153 e. The Morgan fingerprint density at radius 3 is 2.93 bits per heavy atom. The van der Waals surface area contributed by atoms with Gasteiger partial charge in [-0.1, -0.05) is 17.7 Å². The van der Waals surface area contributed by atoms with Crippen LogP contribution in [0.3, 0.4) is 0 Å². The van der Waals surface area contributed by atoms with Crippen molar-refractivity contribution in [2.45, 2.75) is 0 Å². The molecule has 0 spiro atoms. The van der Waals surface area contributed by atoms with Crippen molar-refractivity contribution in [1.82, 2.24) is 9.78 Å². The summed E-state index contributed by atoms with van der Waals surface area (Å²) in [5.74, 6) is 0. The van der Waals surface area contributed by atoms with Crippen molar-refractivity contribution < 1.29 is 4.79 Å². The normalized spacial score (nSPS) is 10.3. The zero-order valence-electron chi connectivity index (χ0n) is 7.52. The molecule has 0 amide bonds.